The molecule has 0 amide bonds. The van der Waals surface area contributed by atoms with Gasteiger partial charge < -0.3 is 4.74 Å². The van der Waals surface area contributed by atoms with Gasteiger partial charge in [0.25, 0.3) is 0 Å². The van der Waals surface area contributed by atoms with Gasteiger partial charge in [-0.3, -0.25) is 0 Å². The van der Waals surface area contributed by atoms with Gasteiger partial charge in [0.1, 0.15) is 5.75 Å². The van der Waals surface area contributed by atoms with Crippen molar-refractivity contribution in [3.05, 3.63) is 72.3 Å². The SMILES string of the molecule is CCOc1ccc(S(=O)(=O)N2CCC(Cc3ccccc3)CC2)c2ccccc12. The lowest BCUT2D eigenvalue weighted by atomic mass is 9.91. The predicted octanol–water partition coefficient (Wildman–Crippen LogP) is 4.88. The lowest BCUT2D eigenvalue weighted by Gasteiger charge is -2.31. The molecule has 1 saturated heterocycles. The highest BCUT2D eigenvalue weighted by Gasteiger charge is 2.31. The number of rotatable bonds is 6. The summed E-state index contributed by atoms with van der Waals surface area (Å²) in [5.41, 5.74) is 1.33. The third kappa shape index (κ3) is 4.16. The third-order valence-corrected chi connectivity index (χ3v) is 7.66. The van der Waals surface area contributed by atoms with Gasteiger partial charge in [-0.15, -0.1) is 0 Å². The van der Waals surface area contributed by atoms with E-state index in [4.69, 9.17) is 4.74 Å². The van der Waals surface area contributed by atoms with Crippen LogP contribution in [0.3, 0.4) is 0 Å². The van der Waals surface area contributed by atoms with Crippen LogP contribution in [0.25, 0.3) is 10.8 Å². The van der Waals surface area contributed by atoms with Crippen LogP contribution in [0.2, 0.25) is 0 Å². The summed E-state index contributed by atoms with van der Waals surface area (Å²) in [6, 6.07) is 21.5. The smallest absolute Gasteiger partial charge is 0.243 e. The predicted molar refractivity (Wildman–Crippen MR) is 117 cm³/mol. The molecule has 5 heteroatoms. The number of sulfonamides is 1. The Balaban J connectivity index is 1.55. The second-order valence-electron chi connectivity index (χ2n) is 7.58. The molecular formula is C24H27NO3S. The Morgan fingerprint density at radius 1 is 0.897 bits per heavy atom. The van der Waals surface area contributed by atoms with Gasteiger partial charge in [-0.1, -0.05) is 54.6 Å². The number of ether oxygens (including phenoxy) is 1. The van der Waals surface area contributed by atoms with Crippen molar-refractivity contribution in [3.8, 4) is 5.75 Å². The van der Waals surface area contributed by atoms with Crippen molar-refractivity contribution in [2.45, 2.75) is 31.1 Å². The van der Waals surface area contributed by atoms with E-state index in [9.17, 15) is 8.42 Å². The average molecular weight is 410 g/mol. The van der Waals surface area contributed by atoms with E-state index in [0.717, 1.165) is 35.8 Å². The van der Waals surface area contributed by atoms with E-state index in [2.05, 4.69) is 24.3 Å². The van der Waals surface area contributed by atoms with E-state index in [1.807, 2.05) is 37.3 Å². The summed E-state index contributed by atoms with van der Waals surface area (Å²) >= 11 is 0. The Labute approximate surface area is 173 Å². The first kappa shape index (κ1) is 19.9. The van der Waals surface area contributed by atoms with Crippen molar-refractivity contribution in [2.24, 2.45) is 5.92 Å². The van der Waals surface area contributed by atoms with Gasteiger partial charge in [-0.25, -0.2) is 8.42 Å². The minimum Gasteiger partial charge on any atom is -0.493 e. The number of piperidine rings is 1. The summed E-state index contributed by atoms with van der Waals surface area (Å²) in [5, 5.41) is 1.57. The first-order valence-corrected chi connectivity index (χ1v) is 11.7. The van der Waals surface area contributed by atoms with Crippen molar-refractivity contribution in [1.29, 1.82) is 0 Å². The van der Waals surface area contributed by atoms with E-state index in [1.165, 1.54) is 5.56 Å². The van der Waals surface area contributed by atoms with Crippen LogP contribution in [-0.4, -0.2) is 32.4 Å². The van der Waals surface area contributed by atoms with Crippen LogP contribution in [0.4, 0.5) is 0 Å². The Hall–Kier alpha value is -2.37. The molecule has 29 heavy (non-hydrogen) atoms. The minimum absolute atomic E-state index is 0.373. The Bertz CT molecular complexity index is 1070. The fraction of sp³-hybridized carbons (Fsp3) is 0.333. The molecule has 0 unspecified atom stereocenters. The summed E-state index contributed by atoms with van der Waals surface area (Å²) in [7, 11) is -3.54. The molecule has 0 saturated carbocycles. The van der Waals surface area contributed by atoms with E-state index < -0.39 is 10.0 Å². The van der Waals surface area contributed by atoms with Crippen LogP contribution < -0.4 is 4.74 Å². The lowest BCUT2D eigenvalue weighted by Crippen LogP contribution is -2.38. The first-order chi connectivity index (χ1) is 14.1. The highest BCUT2D eigenvalue weighted by molar-refractivity contribution is 7.89. The molecule has 0 spiro atoms. The van der Waals surface area contributed by atoms with E-state index >= 15 is 0 Å². The number of benzene rings is 3. The summed E-state index contributed by atoms with van der Waals surface area (Å²) in [5.74, 6) is 1.25. The van der Waals surface area contributed by atoms with Gasteiger partial charge in [0.2, 0.25) is 10.0 Å². The van der Waals surface area contributed by atoms with E-state index in [0.29, 0.717) is 30.5 Å². The molecule has 0 aliphatic carbocycles. The number of hydrogen-bond acceptors (Lipinski definition) is 3. The summed E-state index contributed by atoms with van der Waals surface area (Å²) in [6.07, 6.45) is 2.80. The van der Waals surface area contributed by atoms with E-state index in [-0.39, 0.29) is 0 Å². The molecule has 4 nitrogen and oxygen atoms in total. The number of hydrogen-bond donors (Lipinski definition) is 0. The van der Waals surface area contributed by atoms with Crippen LogP contribution in [0.15, 0.2) is 71.6 Å². The number of fused-ring (bicyclic) bond motifs is 1. The van der Waals surface area contributed by atoms with Gasteiger partial charge in [0.15, 0.2) is 0 Å². The molecule has 3 aromatic rings. The molecule has 152 valence electrons. The maximum Gasteiger partial charge on any atom is 0.243 e. The largest absolute Gasteiger partial charge is 0.493 e. The first-order valence-electron chi connectivity index (χ1n) is 10.3. The topological polar surface area (TPSA) is 46.6 Å². The monoisotopic (exact) mass is 409 g/mol. The fourth-order valence-corrected chi connectivity index (χ4v) is 5.86. The molecular weight excluding hydrogens is 382 g/mol. The van der Waals surface area contributed by atoms with Gasteiger partial charge in [-0.05, 0) is 49.8 Å². The Morgan fingerprint density at radius 2 is 1.55 bits per heavy atom. The van der Waals surface area contributed by atoms with Crippen molar-refractivity contribution in [1.82, 2.24) is 4.31 Å². The molecule has 1 fully saturated rings. The van der Waals surface area contributed by atoms with Crippen molar-refractivity contribution < 1.29 is 13.2 Å². The second-order valence-corrected chi connectivity index (χ2v) is 9.48. The lowest BCUT2D eigenvalue weighted by molar-refractivity contribution is 0.273. The van der Waals surface area contributed by atoms with Crippen LogP contribution in [0.5, 0.6) is 5.75 Å². The molecule has 0 radical (unpaired) electrons. The minimum atomic E-state index is -3.54. The van der Waals surface area contributed by atoms with Gasteiger partial charge in [0, 0.05) is 23.9 Å². The van der Waals surface area contributed by atoms with Crippen molar-refractivity contribution >= 4 is 20.8 Å². The van der Waals surface area contributed by atoms with E-state index in [1.54, 1.807) is 16.4 Å². The average Bonchev–Trinajstić information content (AvgIpc) is 2.75. The maximum atomic E-state index is 13.4. The van der Waals surface area contributed by atoms with Crippen LogP contribution >= 0.6 is 0 Å². The highest BCUT2D eigenvalue weighted by Crippen LogP contribution is 2.34. The van der Waals surface area contributed by atoms with Crippen LogP contribution in [-0.2, 0) is 16.4 Å². The fourth-order valence-electron chi connectivity index (χ4n) is 4.19. The summed E-state index contributed by atoms with van der Waals surface area (Å²) < 4.78 is 34.2. The summed E-state index contributed by atoms with van der Waals surface area (Å²) in [6.45, 7) is 3.62. The molecule has 0 bridgehead atoms. The van der Waals surface area contributed by atoms with Crippen molar-refractivity contribution in [2.75, 3.05) is 19.7 Å². The molecule has 0 aromatic heterocycles. The zero-order chi connectivity index (χ0) is 20.3. The van der Waals surface area contributed by atoms with Crippen LogP contribution in [0.1, 0.15) is 25.3 Å². The second kappa shape index (κ2) is 8.56. The molecule has 1 aliphatic rings. The van der Waals surface area contributed by atoms with Gasteiger partial charge in [-0.2, -0.15) is 4.31 Å². The zero-order valence-electron chi connectivity index (χ0n) is 16.8. The van der Waals surface area contributed by atoms with Gasteiger partial charge in [0.05, 0.1) is 11.5 Å². The molecule has 3 aromatic carbocycles. The maximum absolute atomic E-state index is 13.4. The Kier molecular flexibility index (Phi) is 5.88. The molecule has 0 N–H and O–H groups in total. The van der Waals surface area contributed by atoms with Gasteiger partial charge >= 0.3 is 0 Å². The number of nitrogens with zero attached hydrogens (tertiary/aromatic N) is 1. The molecule has 4 rings (SSSR count). The quantitative estimate of drug-likeness (QED) is 0.583. The zero-order valence-corrected chi connectivity index (χ0v) is 17.6. The summed E-state index contributed by atoms with van der Waals surface area (Å²) in [4.78, 5) is 0.373. The molecule has 0 atom stereocenters. The molecule has 1 aliphatic heterocycles. The highest BCUT2D eigenvalue weighted by atomic mass is 32.2. The third-order valence-electron chi connectivity index (χ3n) is 5.70. The normalized spacial score (nSPS) is 16.2. The van der Waals surface area contributed by atoms with Crippen molar-refractivity contribution in [3.63, 3.8) is 0 Å². The standard InChI is InChI=1S/C24H27NO3S/c1-2-28-23-12-13-24(22-11-7-6-10-21(22)23)29(26,27)25-16-14-20(15-17-25)18-19-8-4-3-5-9-19/h3-13,20H,2,14-18H2,1H3. The Morgan fingerprint density at radius 3 is 2.24 bits per heavy atom. The van der Waals surface area contributed by atoms with Crippen LogP contribution in [0, 0.1) is 5.92 Å². The molecule has 1 heterocycles.